The number of hydrogen-bond acceptors (Lipinski definition) is 1. The summed E-state index contributed by atoms with van der Waals surface area (Å²) in [7, 11) is 1.72. The van der Waals surface area contributed by atoms with Crippen LogP contribution in [0.1, 0.15) is 28.4 Å². The first-order valence-electron chi connectivity index (χ1n) is 6.70. The van der Waals surface area contributed by atoms with Crippen LogP contribution in [0.2, 0.25) is 0 Å². The van der Waals surface area contributed by atoms with E-state index < -0.39 is 0 Å². The predicted molar refractivity (Wildman–Crippen MR) is 80.3 cm³/mol. The molecule has 0 atom stereocenters. The van der Waals surface area contributed by atoms with Crippen LogP contribution in [-0.4, -0.2) is 17.1 Å². The minimum Gasteiger partial charge on any atom is -0.496 e. The standard InChI is InChI=1S/C17H18N2O/c1-12-7-8-13(16(11-12)20-2)17(14-5-3-9-18-14)15-6-4-10-19-15/h3-11,17-19H,1-2H3. The van der Waals surface area contributed by atoms with Gasteiger partial charge in [0.1, 0.15) is 5.75 Å². The number of H-pyrrole nitrogens is 2. The second-order valence-electron chi connectivity index (χ2n) is 4.93. The van der Waals surface area contributed by atoms with E-state index in [9.17, 15) is 0 Å². The molecule has 0 aliphatic rings. The van der Waals surface area contributed by atoms with Gasteiger partial charge in [0.15, 0.2) is 0 Å². The predicted octanol–water partition coefficient (Wildman–Crippen LogP) is 3.84. The summed E-state index contributed by atoms with van der Waals surface area (Å²) in [6, 6.07) is 14.6. The first-order valence-corrected chi connectivity index (χ1v) is 6.70. The smallest absolute Gasteiger partial charge is 0.123 e. The number of aromatic nitrogens is 2. The van der Waals surface area contributed by atoms with Crippen molar-refractivity contribution in [2.75, 3.05) is 7.11 Å². The SMILES string of the molecule is COc1cc(C)ccc1C(c1ccc[nH]1)c1ccc[nH]1. The van der Waals surface area contributed by atoms with E-state index in [1.54, 1.807) is 7.11 Å². The van der Waals surface area contributed by atoms with Gasteiger partial charge in [0.05, 0.1) is 13.0 Å². The van der Waals surface area contributed by atoms with Gasteiger partial charge in [-0.1, -0.05) is 12.1 Å². The molecule has 3 nitrogen and oxygen atoms in total. The number of hydrogen-bond donors (Lipinski definition) is 2. The molecule has 0 aliphatic carbocycles. The van der Waals surface area contributed by atoms with E-state index in [4.69, 9.17) is 4.74 Å². The van der Waals surface area contributed by atoms with Crippen molar-refractivity contribution in [3.63, 3.8) is 0 Å². The molecule has 0 amide bonds. The van der Waals surface area contributed by atoms with Crippen LogP contribution in [0.15, 0.2) is 54.9 Å². The van der Waals surface area contributed by atoms with Crippen molar-refractivity contribution in [3.8, 4) is 5.75 Å². The zero-order valence-corrected chi connectivity index (χ0v) is 11.7. The average Bonchev–Trinajstić information content (AvgIpc) is 3.14. The Bertz CT molecular complexity index is 635. The number of aryl methyl sites for hydroxylation is 1. The van der Waals surface area contributed by atoms with Crippen LogP contribution in [0.25, 0.3) is 0 Å². The molecule has 0 saturated heterocycles. The Morgan fingerprint density at radius 1 is 0.950 bits per heavy atom. The van der Waals surface area contributed by atoms with Gasteiger partial charge in [-0.3, -0.25) is 0 Å². The normalized spacial score (nSPS) is 10.9. The summed E-state index contributed by atoms with van der Waals surface area (Å²) in [5.74, 6) is 1.04. The topological polar surface area (TPSA) is 40.8 Å². The molecular weight excluding hydrogens is 248 g/mol. The molecule has 0 aliphatic heterocycles. The summed E-state index contributed by atoms with van der Waals surface area (Å²) in [5, 5.41) is 0. The molecule has 3 rings (SSSR count). The van der Waals surface area contributed by atoms with Gasteiger partial charge in [0.2, 0.25) is 0 Å². The van der Waals surface area contributed by atoms with Gasteiger partial charge in [-0.15, -0.1) is 0 Å². The van der Waals surface area contributed by atoms with Gasteiger partial charge in [-0.05, 0) is 42.8 Å². The van der Waals surface area contributed by atoms with Crippen molar-refractivity contribution < 1.29 is 4.74 Å². The van der Waals surface area contributed by atoms with Crippen molar-refractivity contribution in [3.05, 3.63) is 77.4 Å². The third-order valence-electron chi connectivity index (χ3n) is 3.57. The van der Waals surface area contributed by atoms with E-state index in [-0.39, 0.29) is 5.92 Å². The van der Waals surface area contributed by atoms with Gasteiger partial charge in [-0.2, -0.15) is 0 Å². The van der Waals surface area contributed by atoms with Crippen molar-refractivity contribution in [2.24, 2.45) is 0 Å². The van der Waals surface area contributed by atoms with Crippen LogP contribution in [0.3, 0.4) is 0 Å². The highest BCUT2D eigenvalue weighted by Gasteiger charge is 2.21. The number of benzene rings is 1. The van der Waals surface area contributed by atoms with Gasteiger partial charge < -0.3 is 14.7 Å². The quantitative estimate of drug-likeness (QED) is 0.740. The summed E-state index contributed by atoms with van der Waals surface area (Å²) in [6.07, 6.45) is 3.90. The molecule has 2 aromatic heterocycles. The number of ether oxygens (including phenoxy) is 1. The Balaban J connectivity index is 2.16. The number of methoxy groups -OCH3 is 1. The maximum atomic E-state index is 5.58. The zero-order chi connectivity index (χ0) is 13.9. The van der Waals surface area contributed by atoms with E-state index >= 15 is 0 Å². The summed E-state index contributed by atoms with van der Waals surface area (Å²) < 4.78 is 5.58. The fourth-order valence-corrected chi connectivity index (χ4v) is 2.61. The second kappa shape index (κ2) is 5.29. The van der Waals surface area contributed by atoms with Crippen molar-refractivity contribution in [2.45, 2.75) is 12.8 Å². The van der Waals surface area contributed by atoms with E-state index in [1.807, 2.05) is 24.5 Å². The van der Waals surface area contributed by atoms with E-state index in [2.05, 4.69) is 47.2 Å². The summed E-state index contributed by atoms with van der Waals surface area (Å²) >= 11 is 0. The lowest BCUT2D eigenvalue weighted by molar-refractivity contribution is 0.408. The maximum Gasteiger partial charge on any atom is 0.123 e. The lowest BCUT2D eigenvalue weighted by atomic mass is 9.91. The molecular formula is C17H18N2O. The molecule has 3 heteroatoms. The fourth-order valence-electron chi connectivity index (χ4n) is 2.61. The Labute approximate surface area is 118 Å². The van der Waals surface area contributed by atoms with Gasteiger partial charge in [0, 0.05) is 29.3 Å². The van der Waals surface area contributed by atoms with Crippen LogP contribution in [0.4, 0.5) is 0 Å². The van der Waals surface area contributed by atoms with Crippen LogP contribution < -0.4 is 4.74 Å². The molecule has 0 unspecified atom stereocenters. The molecule has 0 saturated carbocycles. The van der Waals surface area contributed by atoms with Crippen molar-refractivity contribution >= 4 is 0 Å². The molecule has 3 aromatic rings. The van der Waals surface area contributed by atoms with Crippen LogP contribution >= 0.6 is 0 Å². The monoisotopic (exact) mass is 266 g/mol. The minimum absolute atomic E-state index is 0.121. The zero-order valence-electron chi connectivity index (χ0n) is 11.7. The van der Waals surface area contributed by atoms with E-state index in [0.717, 1.165) is 22.7 Å². The Morgan fingerprint density at radius 3 is 2.10 bits per heavy atom. The molecule has 0 radical (unpaired) electrons. The van der Waals surface area contributed by atoms with Gasteiger partial charge >= 0.3 is 0 Å². The van der Waals surface area contributed by atoms with Crippen LogP contribution in [-0.2, 0) is 0 Å². The minimum atomic E-state index is 0.121. The molecule has 0 bridgehead atoms. The van der Waals surface area contributed by atoms with E-state index in [0.29, 0.717) is 0 Å². The highest BCUT2D eigenvalue weighted by Crippen LogP contribution is 2.36. The molecule has 0 fully saturated rings. The Hall–Kier alpha value is -2.42. The second-order valence-corrected chi connectivity index (χ2v) is 4.93. The maximum absolute atomic E-state index is 5.58. The highest BCUT2D eigenvalue weighted by atomic mass is 16.5. The summed E-state index contributed by atoms with van der Waals surface area (Å²) in [6.45, 7) is 2.07. The number of rotatable bonds is 4. The first-order chi connectivity index (χ1) is 9.79. The third kappa shape index (κ3) is 2.23. The van der Waals surface area contributed by atoms with E-state index in [1.165, 1.54) is 5.56 Å². The number of aromatic amines is 2. The lowest BCUT2D eigenvalue weighted by Crippen LogP contribution is -2.06. The third-order valence-corrected chi connectivity index (χ3v) is 3.57. The lowest BCUT2D eigenvalue weighted by Gasteiger charge is -2.19. The fraction of sp³-hybridized carbons (Fsp3) is 0.176. The Kier molecular flexibility index (Phi) is 3.33. The molecule has 2 heterocycles. The van der Waals surface area contributed by atoms with Gasteiger partial charge in [-0.25, -0.2) is 0 Å². The summed E-state index contributed by atoms with van der Waals surface area (Å²) in [5.41, 5.74) is 4.65. The largest absolute Gasteiger partial charge is 0.496 e. The average molecular weight is 266 g/mol. The number of nitrogens with one attached hydrogen (secondary N) is 2. The highest BCUT2D eigenvalue weighted by molar-refractivity contribution is 5.47. The molecule has 20 heavy (non-hydrogen) atoms. The first kappa shape index (κ1) is 12.6. The molecule has 0 spiro atoms. The Morgan fingerprint density at radius 2 is 1.60 bits per heavy atom. The molecule has 2 N–H and O–H groups in total. The van der Waals surface area contributed by atoms with Crippen molar-refractivity contribution in [1.29, 1.82) is 0 Å². The summed E-state index contributed by atoms with van der Waals surface area (Å²) in [4.78, 5) is 6.63. The van der Waals surface area contributed by atoms with Crippen LogP contribution in [0, 0.1) is 6.92 Å². The molecule has 1 aromatic carbocycles. The van der Waals surface area contributed by atoms with Crippen molar-refractivity contribution in [1.82, 2.24) is 9.97 Å². The van der Waals surface area contributed by atoms with Crippen LogP contribution in [0.5, 0.6) is 5.75 Å². The van der Waals surface area contributed by atoms with Gasteiger partial charge in [0.25, 0.3) is 0 Å². The molecule has 102 valence electrons.